The molecule has 0 saturated carbocycles. The SMILES string of the molecule is O=C(O)c1cc2c(CO)cc(F)cc2[nH]1. The Morgan fingerprint density at radius 2 is 2.13 bits per heavy atom. The molecule has 0 fully saturated rings. The molecule has 0 radical (unpaired) electrons. The normalized spacial score (nSPS) is 10.8. The Kier molecular flexibility index (Phi) is 2.17. The van der Waals surface area contributed by atoms with Crippen LogP contribution in [0.4, 0.5) is 4.39 Å². The summed E-state index contributed by atoms with van der Waals surface area (Å²) < 4.78 is 13.0. The van der Waals surface area contributed by atoms with Crippen molar-refractivity contribution < 1.29 is 19.4 Å². The minimum atomic E-state index is -1.12. The second-order valence-corrected chi connectivity index (χ2v) is 3.17. The number of rotatable bonds is 2. The summed E-state index contributed by atoms with van der Waals surface area (Å²) in [4.78, 5) is 13.2. The molecule has 0 unspecified atom stereocenters. The van der Waals surface area contributed by atoms with E-state index in [4.69, 9.17) is 10.2 Å². The van der Waals surface area contributed by atoms with E-state index in [0.29, 0.717) is 16.5 Å². The first-order valence-electron chi connectivity index (χ1n) is 4.27. The summed E-state index contributed by atoms with van der Waals surface area (Å²) in [5.41, 5.74) is 0.718. The first-order valence-corrected chi connectivity index (χ1v) is 4.27. The zero-order chi connectivity index (χ0) is 11.0. The number of benzene rings is 1. The van der Waals surface area contributed by atoms with Crippen LogP contribution in [0.3, 0.4) is 0 Å². The first-order chi connectivity index (χ1) is 7.11. The van der Waals surface area contributed by atoms with Crippen molar-refractivity contribution in [3.63, 3.8) is 0 Å². The smallest absolute Gasteiger partial charge is 0.352 e. The zero-order valence-corrected chi connectivity index (χ0v) is 7.62. The molecule has 0 amide bonds. The van der Waals surface area contributed by atoms with Gasteiger partial charge in [0, 0.05) is 10.9 Å². The zero-order valence-electron chi connectivity index (χ0n) is 7.62. The minimum Gasteiger partial charge on any atom is -0.477 e. The maximum Gasteiger partial charge on any atom is 0.352 e. The molecule has 1 aromatic carbocycles. The number of carboxylic acid groups (broad SMARTS) is 1. The number of carboxylic acids is 1. The summed E-state index contributed by atoms with van der Waals surface area (Å²) in [6, 6.07) is 3.76. The molecule has 4 nitrogen and oxygen atoms in total. The fourth-order valence-corrected chi connectivity index (χ4v) is 1.52. The highest BCUT2D eigenvalue weighted by Crippen LogP contribution is 2.21. The second kappa shape index (κ2) is 3.36. The maximum absolute atomic E-state index is 13.0. The number of hydrogen-bond donors (Lipinski definition) is 3. The summed E-state index contributed by atoms with van der Waals surface area (Å²) in [5, 5.41) is 18.2. The van der Waals surface area contributed by atoms with E-state index in [2.05, 4.69) is 4.98 Å². The number of aliphatic hydroxyl groups excluding tert-OH is 1. The van der Waals surface area contributed by atoms with Gasteiger partial charge in [-0.2, -0.15) is 0 Å². The van der Waals surface area contributed by atoms with E-state index in [1.165, 1.54) is 18.2 Å². The van der Waals surface area contributed by atoms with Gasteiger partial charge in [-0.3, -0.25) is 0 Å². The standard InChI is InChI=1S/C10H8FNO3/c11-6-1-5(4-13)7-3-9(10(14)15)12-8(7)2-6/h1-3,12-13H,4H2,(H,14,15). The van der Waals surface area contributed by atoms with Crippen molar-refractivity contribution in [1.29, 1.82) is 0 Å². The number of hydrogen-bond acceptors (Lipinski definition) is 2. The van der Waals surface area contributed by atoms with Gasteiger partial charge in [-0.05, 0) is 23.8 Å². The summed E-state index contributed by atoms with van der Waals surface area (Å²) in [5.74, 6) is -1.62. The summed E-state index contributed by atoms with van der Waals surface area (Å²) >= 11 is 0. The van der Waals surface area contributed by atoms with Crippen LogP contribution in [0.25, 0.3) is 10.9 Å². The number of nitrogens with one attached hydrogen (secondary N) is 1. The number of aromatic nitrogens is 1. The molecular formula is C10H8FNO3. The molecule has 0 aliphatic heterocycles. The topological polar surface area (TPSA) is 73.3 Å². The summed E-state index contributed by atoms with van der Waals surface area (Å²) in [7, 11) is 0. The lowest BCUT2D eigenvalue weighted by atomic mass is 10.1. The van der Waals surface area contributed by atoms with E-state index in [1.54, 1.807) is 0 Å². The van der Waals surface area contributed by atoms with Crippen LogP contribution in [0.2, 0.25) is 0 Å². The summed E-state index contributed by atoms with van der Waals surface area (Å²) in [6.45, 7) is -0.328. The average molecular weight is 209 g/mol. The Morgan fingerprint density at radius 3 is 2.73 bits per heavy atom. The third kappa shape index (κ3) is 1.57. The van der Waals surface area contributed by atoms with Crippen molar-refractivity contribution in [2.24, 2.45) is 0 Å². The number of halogens is 1. The molecule has 0 bridgehead atoms. The second-order valence-electron chi connectivity index (χ2n) is 3.17. The van der Waals surface area contributed by atoms with Gasteiger partial charge < -0.3 is 15.2 Å². The Hall–Kier alpha value is -1.88. The van der Waals surface area contributed by atoms with Crippen LogP contribution in [-0.2, 0) is 6.61 Å². The highest BCUT2D eigenvalue weighted by atomic mass is 19.1. The van der Waals surface area contributed by atoms with E-state index in [1.807, 2.05) is 0 Å². The van der Waals surface area contributed by atoms with Crippen LogP contribution >= 0.6 is 0 Å². The maximum atomic E-state index is 13.0. The fraction of sp³-hybridized carbons (Fsp3) is 0.100. The van der Waals surface area contributed by atoms with Crippen molar-refractivity contribution in [1.82, 2.24) is 4.98 Å². The predicted molar refractivity (Wildman–Crippen MR) is 51.1 cm³/mol. The lowest BCUT2D eigenvalue weighted by Crippen LogP contribution is -1.94. The third-order valence-corrected chi connectivity index (χ3v) is 2.19. The molecule has 1 aromatic heterocycles. The quantitative estimate of drug-likeness (QED) is 0.701. The molecular weight excluding hydrogens is 201 g/mol. The average Bonchev–Trinajstić information content (AvgIpc) is 2.59. The number of aliphatic hydroxyl groups is 1. The molecule has 78 valence electrons. The number of aromatic amines is 1. The van der Waals surface area contributed by atoms with Gasteiger partial charge in [-0.1, -0.05) is 0 Å². The van der Waals surface area contributed by atoms with Gasteiger partial charge in [0.2, 0.25) is 0 Å². The number of aromatic carboxylic acids is 1. The van der Waals surface area contributed by atoms with Crippen LogP contribution in [-0.4, -0.2) is 21.2 Å². The molecule has 2 rings (SSSR count). The number of fused-ring (bicyclic) bond motifs is 1. The summed E-state index contributed by atoms with van der Waals surface area (Å²) in [6.07, 6.45) is 0. The van der Waals surface area contributed by atoms with Gasteiger partial charge >= 0.3 is 5.97 Å². The van der Waals surface area contributed by atoms with E-state index in [-0.39, 0.29) is 12.3 Å². The van der Waals surface area contributed by atoms with Crippen LogP contribution in [0, 0.1) is 5.82 Å². The molecule has 1 heterocycles. The molecule has 0 aliphatic rings. The molecule has 0 atom stereocenters. The molecule has 0 spiro atoms. The van der Waals surface area contributed by atoms with Crippen LogP contribution in [0.5, 0.6) is 0 Å². The third-order valence-electron chi connectivity index (χ3n) is 2.19. The highest BCUT2D eigenvalue weighted by molar-refractivity contribution is 5.95. The Bertz CT molecular complexity index is 533. The predicted octanol–water partition coefficient (Wildman–Crippen LogP) is 1.50. The van der Waals surface area contributed by atoms with Gasteiger partial charge in [0.15, 0.2) is 0 Å². The Morgan fingerprint density at radius 1 is 1.40 bits per heavy atom. The van der Waals surface area contributed by atoms with E-state index < -0.39 is 11.8 Å². The van der Waals surface area contributed by atoms with Gasteiger partial charge in [0.1, 0.15) is 11.5 Å². The van der Waals surface area contributed by atoms with Gasteiger partial charge in [-0.25, -0.2) is 9.18 Å². The highest BCUT2D eigenvalue weighted by Gasteiger charge is 2.11. The molecule has 3 N–H and O–H groups in total. The van der Waals surface area contributed by atoms with Crippen molar-refractivity contribution in [3.8, 4) is 0 Å². The Balaban J connectivity index is 2.74. The van der Waals surface area contributed by atoms with Gasteiger partial charge in [-0.15, -0.1) is 0 Å². The number of H-pyrrole nitrogens is 1. The molecule has 5 heteroatoms. The fourth-order valence-electron chi connectivity index (χ4n) is 1.52. The van der Waals surface area contributed by atoms with Crippen LogP contribution in [0.15, 0.2) is 18.2 Å². The van der Waals surface area contributed by atoms with Crippen molar-refractivity contribution in [2.45, 2.75) is 6.61 Å². The monoisotopic (exact) mass is 209 g/mol. The van der Waals surface area contributed by atoms with Crippen molar-refractivity contribution in [3.05, 3.63) is 35.3 Å². The van der Waals surface area contributed by atoms with Crippen molar-refractivity contribution >= 4 is 16.9 Å². The number of carbonyl (C=O) groups is 1. The van der Waals surface area contributed by atoms with Crippen LogP contribution in [0.1, 0.15) is 16.1 Å². The van der Waals surface area contributed by atoms with Crippen LogP contribution < -0.4 is 0 Å². The molecule has 15 heavy (non-hydrogen) atoms. The van der Waals surface area contributed by atoms with E-state index >= 15 is 0 Å². The van der Waals surface area contributed by atoms with Gasteiger partial charge in [0.25, 0.3) is 0 Å². The first kappa shape index (κ1) is 9.67. The molecule has 0 aliphatic carbocycles. The lowest BCUT2D eigenvalue weighted by molar-refractivity contribution is 0.0691. The minimum absolute atomic E-state index is 0.0229. The van der Waals surface area contributed by atoms with E-state index in [9.17, 15) is 9.18 Å². The lowest BCUT2D eigenvalue weighted by Gasteiger charge is -1.98. The van der Waals surface area contributed by atoms with Crippen molar-refractivity contribution in [2.75, 3.05) is 0 Å². The van der Waals surface area contributed by atoms with E-state index in [0.717, 1.165) is 0 Å². The Labute approximate surface area is 84.0 Å². The van der Waals surface area contributed by atoms with Gasteiger partial charge in [0.05, 0.1) is 6.61 Å². The largest absolute Gasteiger partial charge is 0.477 e. The molecule has 0 saturated heterocycles. The molecule has 2 aromatic rings.